The van der Waals surface area contributed by atoms with Crippen LogP contribution in [0.25, 0.3) is 0 Å². The van der Waals surface area contributed by atoms with Gasteiger partial charge in [-0.15, -0.1) is 5.11 Å². The Hall–Kier alpha value is -2.98. The average Bonchev–Trinajstić information content (AvgIpc) is 2.62. The number of anilines is 1. The molecule has 0 aliphatic rings. The zero-order valence-corrected chi connectivity index (χ0v) is 15.4. The van der Waals surface area contributed by atoms with E-state index in [-0.39, 0.29) is 16.8 Å². The van der Waals surface area contributed by atoms with E-state index in [0.717, 1.165) is 11.3 Å². The zero-order chi connectivity index (χ0) is 19.3. The molecule has 2 aromatic carbocycles. The molecule has 26 heavy (non-hydrogen) atoms. The Morgan fingerprint density at radius 2 is 1.92 bits per heavy atom. The van der Waals surface area contributed by atoms with Gasteiger partial charge < -0.3 is 4.90 Å². The van der Waals surface area contributed by atoms with Crippen LogP contribution in [-0.2, 0) is 0 Å². The predicted octanol–water partition coefficient (Wildman–Crippen LogP) is 5.71. The average molecular weight is 372 g/mol. The summed E-state index contributed by atoms with van der Waals surface area (Å²) in [7, 11) is 0. The smallest absolute Gasteiger partial charge is 0.271 e. The lowest BCUT2D eigenvalue weighted by Crippen LogP contribution is -2.31. The number of non-ortho nitro benzene ring substituents is 1. The van der Waals surface area contributed by atoms with Crippen LogP contribution in [0.15, 0.2) is 46.6 Å². The summed E-state index contributed by atoms with van der Waals surface area (Å²) in [6.07, 6.45) is 0. The number of nitro benzene ring substituents is 1. The molecule has 7 nitrogen and oxygen atoms in total. The Labute approximate surface area is 156 Å². The molecule has 0 N–H and O–H groups in total. The van der Waals surface area contributed by atoms with Crippen LogP contribution in [0.5, 0.6) is 0 Å². The first-order valence-electron chi connectivity index (χ1n) is 8.00. The quantitative estimate of drug-likeness (QED) is 0.369. The first kappa shape index (κ1) is 19.3. The summed E-state index contributed by atoms with van der Waals surface area (Å²) >= 11 is 6.02. The fraction of sp³-hybridized carbons (Fsp3) is 0.278. The Balaban J connectivity index is 2.27. The van der Waals surface area contributed by atoms with Crippen LogP contribution < -0.4 is 4.90 Å². The number of hydrogen-bond donors (Lipinski definition) is 0. The summed E-state index contributed by atoms with van der Waals surface area (Å²) in [6, 6.07) is 11.7. The first-order valence-corrected chi connectivity index (χ1v) is 8.37. The largest absolute Gasteiger partial charge is 0.356 e. The number of aryl methyl sites for hydroxylation is 1. The second kappa shape index (κ2) is 8.41. The second-order valence-corrected chi connectivity index (χ2v) is 6.06. The molecule has 1 unspecified atom stereocenters. The van der Waals surface area contributed by atoms with E-state index in [2.05, 4.69) is 16.3 Å². The third kappa shape index (κ3) is 4.35. The van der Waals surface area contributed by atoms with Gasteiger partial charge in [-0.25, -0.2) is 0 Å². The maximum atomic E-state index is 10.7. The van der Waals surface area contributed by atoms with Crippen LogP contribution in [-0.4, -0.2) is 17.5 Å². The molecule has 0 radical (unpaired) electrons. The van der Waals surface area contributed by atoms with Crippen LogP contribution in [0.4, 0.5) is 22.7 Å². The van der Waals surface area contributed by atoms with Gasteiger partial charge in [0.05, 0.1) is 21.7 Å². The Morgan fingerprint density at radius 1 is 1.27 bits per heavy atom. The van der Waals surface area contributed by atoms with Crippen molar-refractivity contribution in [2.45, 2.75) is 26.8 Å². The molecule has 0 saturated carbocycles. The highest BCUT2D eigenvalue weighted by Crippen LogP contribution is 2.32. The van der Waals surface area contributed by atoms with E-state index in [0.29, 0.717) is 17.9 Å². The lowest BCUT2D eigenvalue weighted by atomic mass is 10.1. The number of benzene rings is 2. The minimum Gasteiger partial charge on any atom is -0.356 e. The van der Waals surface area contributed by atoms with Crippen LogP contribution >= 0.6 is 11.6 Å². The summed E-state index contributed by atoms with van der Waals surface area (Å²) in [5.41, 5.74) is 2.75. The van der Waals surface area contributed by atoms with Crippen molar-refractivity contribution in [3.05, 3.63) is 57.1 Å². The van der Waals surface area contributed by atoms with E-state index in [4.69, 9.17) is 16.9 Å². The molecule has 0 bridgehead atoms. The van der Waals surface area contributed by atoms with Crippen molar-refractivity contribution in [1.82, 2.24) is 0 Å². The van der Waals surface area contributed by atoms with E-state index < -0.39 is 4.92 Å². The predicted molar refractivity (Wildman–Crippen MR) is 102 cm³/mol. The standard InChI is InChI=1S/C18H18ClN5O2/c1-4-23(13(3)11-20)14-5-7-17(12(2)9-14)21-22-18-8-6-15(24(25)26)10-16(18)19/h5-10,13H,4H2,1-3H3. The van der Waals surface area contributed by atoms with Crippen molar-refractivity contribution in [1.29, 1.82) is 5.26 Å². The normalized spacial score (nSPS) is 12.0. The van der Waals surface area contributed by atoms with Gasteiger partial charge in [0.15, 0.2) is 0 Å². The van der Waals surface area contributed by atoms with Gasteiger partial charge in [0.25, 0.3) is 5.69 Å². The van der Waals surface area contributed by atoms with Crippen LogP contribution in [0.3, 0.4) is 0 Å². The van der Waals surface area contributed by atoms with Crippen molar-refractivity contribution in [2.75, 3.05) is 11.4 Å². The van der Waals surface area contributed by atoms with E-state index >= 15 is 0 Å². The van der Waals surface area contributed by atoms with Gasteiger partial charge in [-0.3, -0.25) is 10.1 Å². The fourth-order valence-electron chi connectivity index (χ4n) is 2.48. The molecule has 2 rings (SSSR count). The monoisotopic (exact) mass is 371 g/mol. The van der Waals surface area contributed by atoms with Gasteiger partial charge in [0.1, 0.15) is 11.7 Å². The number of nitriles is 1. The minimum atomic E-state index is -0.516. The molecule has 0 aromatic heterocycles. The van der Waals surface area contributed by atoms with Gasteiger partial charge >= 0.3 is 0 Å². The van der Waals surface area contributed by atoms with E-state index in [1.54, 1.807) is 0 Å². The van der Waals surface area contributed by atoms with Gasteiger partial charge in [0, 0.05) is 24.4 Å². The molecule has 0 aliphatic carbocycles. The Morgan fingerprint density at radius 3 is 2.46 bits per heavy atom. The highest BCUT2D eigenvalue weighted by Gasteiger charge is 2.13. The molecule has 8 heteroatoms. The third-order valence-corrected chi connectivity index (χ3v) is 4.22. The molecule has 0 saturated heterocycles. The fourth-order valence-corrected chi connectivity index (χ4v) is 2.69. The first-order chi connectivity index (χ1) is 12.4. The molecular formula is C18H18ClN5O2. The topological polar surface area (TPSA) is 94.9 Å². The summed E-state index contributed by atoms with van der Waals surface area (Å²) in [6.45, 7) is 6.46. The van der Waals surface area contributed by atoms with E-state index in [1.165, 1.54) is 18.2 Å². The van der Waals surface area contributed by atoms with Crippen molar-refractivity contribution >= 4 is 34.4 Å². The molecule has 1 atom stereocenters. The number of nitro groups is 1. The maximum absolute atomic E-state index is 10.7. The molecule has 2 aromatic rings. The molecule has 0 spiro atoms. The molecule has 0 amide bonds. The maximum Gasteiger partial charge on any atom is 0.271 e. The third-order valence-electron chi connectivity index (χ3n) is 3.91. The molecular weight excluding hydrogens is 354 g/mol. The zero-order valence-electron chi connectivity index (χ0n) is 14.7. The lowest BCUT2D eigenvalue weighted by molar-refractivity contribution is -0.384. The number of rotatable bonds is 6. The van der Waals surface area contributed by atoms with Crippen LogP contribution in [0.2, 0.25) is 5.02 Å². The Bertz CT molecular complexity index is 892. The van der Waals surface area contributed by atoms with Crippen molar-refractivity contribution in [3.8, 4) is 6.07 Å². The highest BCUT2D eigenvalue weighted by atomic mass is 35.5. The van der Waals surface area contributed by atoms with Gasteiger partial charge in [-0.2, -0.15) is 10.4 Å². The molecule has 134 valence electrons. The van der Waals surface area contributed by atoms with E-state index in [1.807, 2.05) is 43.9 Å². The van der Waals surface area contributed by atoms with Crippen molar-refractivity contribution < 1.29 is 4.92 Å². The summed E-state index contributed by atoms with van der Waals surface area (Å²) < 4.78 is 0. The number of azo groups is 1. The molecule has 0 aliphatic heterocycles. The molecule has 0 heterocycles. The Kier molecular flexibility index (Phi) is 6.26. The lowest BCUT2D eigenvalue weighted by Gasteiger charge is -2.26. The van der Waals surface area contributed by atoms with Gasteiger partial charge in [-0.1, -0.05) is 11.6 Å². The van der Waals surface area contributed by atoms with Gasteiger partial charge in [-0.05, 0) is 50.6 Å². The van der Waals surface area contributed by atoms with E-state index in [9.17, 15) is 10.1 Å². The van der Waals surface area contributed by atoms with Gasteiger partial charge in [0.2, 0.25) is 0 Å². The van der Waals surface area contributed by atoms with Crippen molar-refractivity contribution in [3.63, 3.8) is 0 Å². The number of hydrogen-bond acceptors (Lipinski definition) is 6. The minimum absolute atomic E-state index is 0.0965. The summed E-state index contributed by atoms with van der Waals surface area (Å²) in [5, 5.41) is 28.3. The number of halogens is 1. The van der Waals surface area contributed by atoms with Crippen molar-refractivity contribution in [2.24, 2.45) is 10.2 Å². The summed E-state index contributed by atoms with van der Waals surface area (Å²) in [4.78, 5) is 12.2. The SMILES string of the molecule is CCN(c1ccc(N=Nc2ccc([N+](=O)[O-])cc2Cl)c(C)c1)C(C)C#N. The second-order valence-electron chi connectivity index (χ2n) is 5.65. The summed E-state index contributed by atoms with van der Waals surface area (Å²) in [5.74, 6) is 0. The highest BCUT2D eigenvalue weighted by molar-refractivity contribution is 6.33. The van der Waals surface area contributed by atoms with Crippen LogP contribution in [0, 0.1) is 28.4 Å². The molecule has 0 fully saturated rings. The number of nitrogens with zero attached hydrogens (tertiary/aromatic N) is 5. The van der Waals surface area contributed by atoms with Crippen LogP contribution in [0.1, 0.15) is 19.4 Å².